The third-order valence-corrected chi connectivity index (χ3v) is 2.05. The molecule has 1 aromatic rings. The molecule has 0 aromatic carbocycles. The van der Waals surface area contributed by atoms with Crippen molar-refractivity contribution in [3.63, 3.8) is 0 Å². The van der Waals surface area contributed by atoms with Crippen LogP contribution in [0.4, 0.5) is 0 Å². The molecule has 1 unspecified atom stereocenters. The molecule has 1 heterocycles. The van der Waals surface area contributed by atoms with Gasteiger partial charge in [0, 0.05) is 18.9 Å². The van der Waals surface area contributed by atoms with Gasteiger partial charge in [-0.3, -0.25) is 0 Å². The normalized spacial score (nSPS) is 12.5. The smallest absolute Gasteiger partial charge is 0.217 e. The highest BCUT2D eigenvalue weighted by Crippen LogP contribution is 2.21. The van der Waals surface area contributed by atoms with Gasteiger partial charge in [-0.25, -0.2) is 4.98 Å². The molecule has 0 bridgehead atoms. The molecule has 0 spiro atoms. The van der Waals surface area contributed by atoms with Crippen molar-refractivity contribution in [3.8, 4) is 5.88 Å². The maximum Gasteiger partial charge on any atom is 0.217 e. The zero-order valence-corrected chi connectivity index (χ0v) is 8.78. The van der Waals surface area contributed by atoms with Crippen LogP contribution in [0, 0.1) is 0 Å². The van der Waals surface area contributed by atoms with E-state index in [9.17, 15) is 0 Å². The molecule has 0 amide bonds. The number of ether oxygens (including phenoxy) is 2. The number of rotatable bonds is 5. The Balaban J connectivity index is 2.90. The average molecular weight is 196 g/mol. The Hall–Kier alpha value is -1.13. The predicted molar refractivity (Wildman–Crippen MR) is 54.5 cm³/mol. The highest BCUT2D eigenvalue weighted by molar-refractivity contribution is 5.28. The van der Waals surface area contributed by atoms with Crippen molar-refractivity contribution in [1.82, 2.24) is 10.3 Å². The van der Waals surface area contributed by atoms with Gasteiger partial charge in [0.15, 0.2) is 0 Å². The van der Waals surface area contributed by atoms with Crippen molar-refractivity contribution < 1.29 is 9.47 Å². The van der Waals surface area contributed by atoms with Crippen LogP contribution in [0.25, 0.3) is 0 Å². The third kappa shape index (κ3) is 2.43. The van der Waals surface area contributed by atoms with E-state index in [1.165, 1.54) is 0 Å². The zero-order chi connectivity index (χ0) is 10.4. The van der Waals surface area contributed by atoms with Gasteiger partial charge in [0.05, 0.1) is 19.8 Å². The second kappa shape index (κ2) is 5.57. The Morgan fingerprint density at radius 1 is 1.50 bits per heavy atom. The van der Waals surface area contributed by atoms with Gasteiger partial charge in [-0.2, -0.15) is 0 Å². The number of hydrogen-bond acceptors (Lipinski definition) is 4. The third-order valence-electron chi connectivity index (χ3n) is 2.05. The van der Waals surface area contributed by atoms with Gasteiger partial charge in [0.2, 0.25) is 5.88 Å². The van der Waals surface area contributed by atoms with Gasteiger partial charge in [0.25, 0.3) is 0 Å². The first kappa shape index (κ1) is 10.9. The Morgan fingerprint density at radius 3 is 2.86 bits per heavy atom. The van der Waals surface area contributed by atoms with E-state index < -0.39 is 0 Å². The summed E-state index contributed by atoms with van der Waals surface area (Å²) in [5.41, 5.74) is 1.01. The lowest BCUT2D eigenvalue weighted by atomic mass is 10.1. The van der Waals surface area contributed by atoms with Crippen LogP contribution < -0.4 is 10.1 Å². The average Bonchev–Trinajstić information content (AvgIpc) is 2.26. The van der Waals surface area contributed by atoms with E-state index in [2.05, 4.69) is 10.3 Å². The second-order valence-electron chi connectivity index (χ2n) is 2.90. The van der Waals surface area contributed by atoms with Crippen molar-refractivity contribution in [2.75, 3.05) is 27.9 Å². The Morgan fingerprint density at radius 2 is 2.29 bits per heavy atom. The Kier molecular flexibility index (Phi) is 4.35. The monoisotopic (exact) mass is 196 g/mol. The number of nitrogens with one attached hydrogen (secondary N) is 1. The maximum absolute atomic E-state index is 5.17. The van der Waals surface area contributed by atoms with Gasteiger partial charge >= 0.3 is 0 Å². The zero-order valence-electron chi connectivity index (χ0n) is 8.78. The molecule has 14 heavy (non-hydrogen) atoms. The largest absolute Gasteiger partial charge is 0.481 e. The molecular weight excluding hydrogens is 180 g/mol. The Bertz CT molecular complexity index is 279. The van der Waals surface area contributed by atoms with E-state index in [-0.39, 0.29) is 6.04 Å². The highest BCUT2D eigenvalue weighted by Gasteiger charge is 2.14. The molecule has 0 saturated heterocycles. The van der Waals surface area contributed by atoms with Crippen LogP contribution in [0.2, 0.25) is 0 Å². The lowest BCUT2D eigenvalue weighted by Crippen LogP contribution is -2.22. The van der Waals surface area contributed by atoms with Crippen molar-refractivity contribution >= 4 is 0 Å². The molecule has 4 nitrogen and oxygen atoms in total. The van der Waals surface area contributed by atoms with Crippen molar-refractivity contribution in [1.29, 1.82) is 0 Å². The molecule has 0 radical (unpaired) electrons. The van der Waals surface area contributed by atoms with Crippen LogP contribution in [0.15, 0.2) is 18.3 Å². The minimum absolute atomic E-state index is 0.114. The van der Waals surface area contributed by atoms with Crippen LogP contribution in [-0.4, -0.2) is 32.9 Å². The fraction of sp³-hybridized carbons (Fsp3) is 0.500. The first-order chi connectivity index (χ1) is 6.83. The molecule has 4 heteroatoms. The van der Waals surface area contributed by atoms with Gasteiger partial charge in [-0.15, -0.1) is 0 Å². The topological polar surface area (TPSA) is 43.4 Å². The van der Waals surface area contributed by atoms with Crippen LogP contribution in [-0.2, 0) is 4.74 Å². The van der Waals surface area contributed by atoms with E-state index in [1.54, 1.807) is 20.4 Å². The molecule has 1 aromatic heterocycles. The quantitative estimate of drug-likeness (QED) is 0.763. The van der Waals surface area contributed by atoms with Crippen molar-refractivity contribution in [3.05, 3.63) is 23.9 Å². The molecule has 1 N–H and O–H groups in total. The number of hydrogen-bond donors (Lipinski definition) is 1. The molecule has 1 rings (SSSR count). The predicted octanol–water partition coefficient (Wildman–Crippen LogP) is 0.997. The summed E-state index contributed by atoms with van der Waals surface area (Å²) in [5.74, 6) is 0.643. The summed E-state index contributed by atoms with van der Waals surface area (Å²) in [7, 11) is 5.18. The van der Waals surface area contributed by atoms with E-state index >= 15 is 0 Å². The molecule has 0 aliphatic rings. The summed E-state index contributed by atoms with van der Waals surface area (Å²) in [5, 5.41) is 3.15. The number of methoxy groups -OCH3 is 2. The molecule has 1 atom stereocenters. The fourth-order valence-corrected chi connectivity index (χ4v) is 1.33. The minimum atomic E-state index is 0.114. The molecule has 78 valence electrons. The lowest BCUT2D eigenvalue weighted by Gasteiger charge is -2.17. The summed E-state index contributed by atoms with van der Waals surface area (Å²) in [6.07, 6.45) is 1.71. The minimum Gasteiger partial charge on any atom is -0.481 e. The number of likely N-dealkylation sites (N-methyl/N-ethyl adjacent to an activating group) is 1. The van der Waals surface area contributed by atoms with E-state index in [0.29, 0.717) is 12.5 Å². The Labute approximate surface area is 84.3 Å². The van der Waals surface area contributed by atoms with Gasteiger partial charge in [-0.1, -0.05) is 6.07 Å². The number of pyridine rings is 1. The SMILES string of the molecule is CNC(COC)c1cccnc1OC. The van der Waals surface area contributed by atoms with E-state index in [4.69, 9.17) is 9.47 Å². The summed E-state index contributed by atoms with van der Waals surface area (Å²) in [6.45, 7) is 0.596. The van der Waals surface area contributed by atoms with Crippen molar-refractivity contribution in [2.24, 2.45) is 0 Å². The second-order valence-corrected chi connectivity index (χ2v) is 2.90. The summed E-state index contributed by atoms with van der Waals surface area (Å²) >= 11 is 0. The fourth-order valence-electron chi connectivity index (χ4n) is 1.33. The number of nitrogens with zero attached hydrogens (tertiary/aromatic N) is 1. The number of aromatic nitrogens is 1. The first-order valence-corrected chi connectivity index (χ1v) is 4.48. The first-order valence-electron chi connectivity index (χ1n) is 4.48. The van der Waals surface area contributed by atoms with Gasteiger partial charge in [0.1, 0.15) is 0 Å². The maximum atomic E-state index is 5.17. The molecular formula is C10H16N2O2. The van der Waals surface area contributed by atoms with Gasteiger partial charge < -0.3 is 14.8 Å². The van der Waals surface area contributed by atoms with E-state index in [0.717, 1.165) is 5.56 Å². The molecule has 0 aliphatic heterocycles. The summed E-state index contributed by atoms with van der Waals surface area (Å²) in [4.78, 5) is 4.13. The van der Waals surface area contributed by atoms with E-state index in [1.807, 2.05) is 19.2 Å². The van der Waals surface area contributed by atoms with Crippen LogP contribution in [0.3, 0.4) is 0 Å². The molecule has 0 aliphatic carbocycles. The van der Waals surface area contributed by atoms with Crippen LogP contribution in [0.1, 0.15) is 11.6 Å². The molecule has 0 fully saturated rings. The van der Waals surface area contributed by atoms with Crippen LogP contribution in [0.5, 0.6) is 5.88 Å². The van der Waals surface area contributed by atoms with Crippen LogP contribution >= 0.6 is 0 Å². The lowest BCUT2D eigenvalue weighted by molar-refractivity contribution is 0.168. The van der Waals surface area contributed by atoms with Gasteiger partial charge in [-0.05, 0) is 13.1 Å². The standard InChI is InChI=1S/C10H16N2O2/c1-11-9(7-13-2)8-5-4-6-12-10(8)14-3/h4-6,9,11H,7H2,1-3H3. The molecule has 0 saturated carbocycles. The van der Waals surface area contributed by atoms with Crippen molar-refractivity contribution in [2.45, 2.75) is 6.04 Å². The highest BCUT2D eigenvalue weighted by atomic mass is 16.5. The summed E-state index contributed by atoms with van der Waals surface area (Å²) in [6, 6.07) is 3.98. The summed E-state index contributed by atoms with van der Waals surface area (Å²) < 4.78 is 10.3.